The van der Waals surface area contributed by atoms with Crippen LogP contribution in [0.1, 0.15) is 26.3 Å². The minimum Gasteiger partial charge on any atom is -0.463 e. The van der Waals surface area contributed by atoms with Gasteiger partial charge >= 0.3 is 11.9 Å². The lowest BCUT2D eigenvalue weighted by Crippen LogP contribution is -2.17. The number of nitrogens with one attached hydrogen (secondary N) is 1. The van der Waals surface area contributed by atoms with Crippen LogP contribution in [0.3, 0.4) is 0 Å². The van der Waals surface area contributed by atoms with Crippen molar-refractivity contribution in [2.75, 3.05) is 18.5 Å². The summed E-state index contributed by atoms with van der Waals surface area (Å²) in [6.07, 6.45) is 1.99. The van der Waals surface area contributed by atoms with Crippen molar-refractivity contribution >= 4 is 39.4 Å². The lowest BCUT2D eigenvalue weighted by atomic mass is 10.0. The molecule has 0 amide bonds. The number of rotatable bonds is 7. The molecule has 0 aliphatic carbocycles. The van der Waals surface area contributed by atoms with Gasteiger partial charge in [0, 0.05) is 16.5 Å². The number of fused-ring (bicyclic) bond motifs is 2. The van der Waals surface area contributed by atoms with E-state index in [0.29, 0.717) is 5.69 Å². The number of benzene rings is 2. The molecule has 0 unspecified atom stereocenters. The second-order valence-electron chi connectivity index (χ2n) is 6.35. The van der Waals surface area contributed by atoms with Gasteiger partial charge in [0.15, 0.2) is 0 Å². The van der Waals surface area contributed by atoms with E-state index >= 15 is 0 Å². The molecule has 0 aliphatic heterocycles. The molecular weight excluding hydrogens is 368 g/mol. The van der Waals surface area contributed by atoms with Crippen LogP contribution in [0.25, 0.3) is 21.8 Å². The quantitative estimate of drug-likeness (QED) is 0.365. The van der Waals surface area contributed by atoms with E-state index in [0.717, 1.165) is 34.3 Å². The Morgan fingerprint density at radius 2 is 1.69 bits per heavy atom. The summed E-state index contributed by atoms with van der Waals surface area (Å²) in [5.41, 5.74) is 3.60. The molecule has 0 saturated carbocycles. The molecule has 6 nitrogen and oxygen atoms in total. The maximum absolute atomic E-state index is 12.2. The van der Waals surface area contributed by atoms with Crippen LogP contribution in [-0.4, -0.2) is 30.1 Å². The lowest BCUT2D eigenvalue weighted by molar-refractivity contribution is -0.140. The van der Waals surface area contributed by atoms with Gasteiger partial charge in [-0.2, -0.15) is 0 Å². The Morgan fingerprint density at radius 3 is 2.41 bits per heavy atom. The first-order valence-corrected chi connectivity index (χ1v) is 9.71. The normalized spacial score (nSPS) is 11.5. The summed E-state index contributed by atoms with van der Waals surface area (Å²) in [5, 5.41) is 5.17. The van der Waals surface area contributed by atoms with Gasteiger partial charge in [-0.25, -0.2) is 14.6 Å². The van der Waals surface area contributed by atoms with Gasteiger partial charge in [-0.1, -0.05) is 31.2 Å². The van der Waals surface area contributed by atoms with E-state index in [1.54, 1.807) is 13.8 Å². The molecule has 150 valence electrons. The molecular formula is C23H24N2O4. The molecule has 0 bridgehead atoms. The van der Waals surface area contributed by atoms with Gasteiger partial charge in [0.25, 0.3) is 0 Å². The molecule has 2 aromatic carbocycles. The van der Waals surface area contributed by atoms with E-state index in [1.165, 1.54) is 5.56 Å². The lowest BCUT2D eigenvalue weighted by Gasteiger charge is -2.13. The molecule has 3 aromatic rings. The van der Waals surface area contributed by atoms with Crippen LogP contribution in [0.5, 0.6) is 0 Å². The van der Waals surface area contributed by atoms with Gasteiger partial charge in [-0.15, -0.1) is 0 Å². The van der Waals surface area contributed by atoms with Gasteiger partial charge in [0.2, 0.25) is 0 Å². The van der Waals surface area contributed by atoms with Crippen molar-refractivity contribution < 1.29 is 19.1 Å². The second-order valence-corrected chi connectivity index (χ2v) is 6.35. The number of anilines is 1. The topological polar surface area (TPSA) is 77.5 Å². The number of hydrogen-bond donors (Lipinski definition) is 1. The molecule has 6 heteroatoms. The minimum atomic E-state index is -0.624. The average molecular weight is 392 g/mol. The largest absolute Gasteiger partial charge is 0.463 e. The van der Waals surface area contributed by atoms with Crippen LogP contribution in [0.4, 0.5) is 5.69 Å². The third-order valence-electron chi connectivity index (χ3n) is 4.47. The maximum Gasteiger partial charge on any atom is 0.355 e. The zero-order valence-corrected chi connectivity index (χ0v) is 16.8. The van der Waals surface area contributed by atoms with Crippen LogP contribution in [0, 0.1) is 0 Å². The van der Waals surface area contributed by atoms with Crippen molar-refractivity contribution in [1.82, 2.24) is 4.98 Å². The Kier molecular flexibility index (Phi) is 6.44. The maximum atomic E-state index is 12.2. The van der Waals surface area contributed by atoms with Crippen LogP contribution in [0.15, 0.2) is 54.2 Å². The zero-order chi connectivity index (χ0) is 20.8. The van der Waals surface area contributed by atoms with E-state index in [2.05, 4.69) is 18.3 Å². The average Bonchev–Trinajstić information content (AvgIpc) is 2.71. The number of para-hydroxylation sites is 1. The summed E-state index contributed by atoms with van der Waals surface area (Å²) in [6.45, 7) is 5.95. The SMILES string of the molecule is CCOC(=O)C=C(Nc1ccc2c(CC)c3ccccc3nc2c1)C(=O)OCC. The number of carbonyl (C=O) groups excluding carboxylic acids is 2. The van der Waals surface area contributed by atoms with Gasteiger partial charge in [-0.3, -0.25) is 0 Å². The second kappa shape index (κ2) is 9.19. The highest BCUT2D eigenvalue weighted by atomic mass is 16.5. The number of pyridine rings is 1. The summed E-state index contributed by atoms with van der Waals surface area (Å²) in [4.78, 5) is 28.8. The summed E-state index contributed by atoms with van der Waals surface area (Å²) in [7, 11) is 0. The van der Waals surface area contributed by atoms with E-state index in [4.69, 9.17) is 14.5 Å². The summed E-state index contributed by atoms with van der Waals surface area (Å²) >= 11 is 0. The fourth-order valence-corrected chi connectivity index (χ4v) is 3.25. The van der Waals surface area contributed by atoms with Crippen molar-refractivity contribution in [3.05, 3.63) is 59.8 Å². The highest BCUT2D eigenvalue weighted by molar-refractivity contribution is 6.01. The molecule has 3 rings (SSSR count). The number of hydrogen-bond acceptors (Lipinski definition) is 6. The monoisotopic (exact) mass is 392 g/mol. The molecule has 1 heterocycles. The number of aromatic nitrogens is 1. The predicted octanol–water partition coefficient (Wildman–Crippen LogP) is 4.37. The van der Waals surface area contributed by atoms with E-state index in [1.807, 2.05) is 36.4 Å². The minimum absolute atomic E-state index is 0.0150. The van der Waals surface area contributed by atoms with Crippen LogP contribution >= 0.6 is 0 Å². The summed E-state index contributed by atoms with van der Waals surface area (Å²) in [6, 6.07) is 13.7. The first kappa shape index (κ1) is 20.3. The van der Waals surface area contributed by atoms with Gasteiger partial charge in [-0.05, 0) is 44.0 Å². The summed E-state index contributed by atoms with van der Waals surface area (Å²) < 4.78 is 9.96. The van der Waals surface area contributed by atoms with Crippen molar-refractivity contribution in [2.45, 2.75) is 27.2 Å². The standard InChI is InChI=1S/C23H24N2O4/c1-4-16-17-9-7-8-10-19(17)25-20-13-15(11-12-18(16)20)24-21(23(27)29-6-3)14-22(26)28-5-2/h7-14,24H,4-6H2,1-3H3. The molecule has 0 radical (unpaired) electrons. The van der Waals surface area contributed by atoms with Gasteiger partial charge < -0.3 is 14.8 Å². The fraction of sp³-hybridized carbons (Fsp3) is 0.261. The Morgan fingerprint density at radius 1 is 0.966 bits per heavy atom. The molecule has 0 aliphatic rings. The highest BCUT2D eigenvalue weighted by Gasteiger charge is 2.15. The Bertz CT molecular complexity index is 1090. The third kappa shape index (κ3) is 4.54. The fourth-order valence-electron chi connectivity index (χ4n) is 3.25. The Balaban J connectivity index is 2.02. The van der Waals surface area contributed by atoms with Gasteiger partial charge in [0.1, 0.15) is 5.70 Å². The van der Waals surface area contributed by atoms with E-state index in [9.17, 15) is 9.59 Å². The molecule has 1 aromatic heterocycles. The number of aryl methyl sites for hydroxylation is 1. The van der Waals surface area contributed by atoms with Crippen molar-refractivity contribution in [3.63, 3.8) is 0 Å². The number of carbonyl (C=O) groups is 2. The zero-order valence-electron chi connectivity index (χ0n) is 16.8. The van der Waals surface area contributed by atoms with Gasteiger partial charge in [0.05, 0.1) is 30.3 Å². The Hall–Kier alpha value is -3.41. The molecule has 0 saturated heterocycles. The Labute approximate surface area is 169 Å². The van der Waals surface area contributed by atoms with Crippen LogP contribution in [-0.2, 0) is 25.5 Å². The number of ether oxygens (including phenoxy) is 2. The van der Waals surface area contributed by atoms with E-state index in [-0.39, 0.29) is 18.9 Å². The highest BCUT2D eigenvalue weighted by Crippen LogP contribution is 2.28. The number of esters is 2. The summed E-state index contributed by atoms with van der Waals surface area (Å²) in [5.74, 6) is -1.23. The smallest absolute Gasteiger partial charge is 0.355 e. The van der Waals surface area contributed by atoms with Crippen molar-refractivity contribution in [1.29, 1.82) is 0 Å². The first-order chi connectivity index (χ1) is 14.1. The molecule has 0 fully saturated rings. The first-order valence-electron chi connectivity index (χ1n) is 9.71. The van der Waals surface area contributed by atoms with Crippen LogP contribution < -0.4 is 5.32 Å². The molecule has 1 N–H and O–H groups in total. The molecule has 0 spiro atoms. The molecule has 29 heavy (non-hydrogen) atoms. The number of nitrogens with zero attached hydrogens (tertiary/aromatic N) is 1. The van der Waals surface area contributed by atoms with Crippen molar-refractivity contribution in [2.24, 2.45) is 0 Å². The van der Waals surface area contributed by atoms with Crippen molar-refractivity contribution in [3.8, 4) is 0 Å². The van der Waals surface area contributed by atoms with Crippen LogP contribution in [0.2, 0.25) is 0 Å². The van der Waals surface area contributed by atoms with E-state index < -0.39 is 11.9 Å². The predicted molar refractivity (Wildman–Crippen MR) is 114 cm³/mol. The third-order valence-corrected chi connectivity index (χ3v) is 4.47. The molecule has 0 atom stereocenters.